The SMILES string of the molecule is O=C(Cn1cccnc1=O)NC[C@H](O)C(=O)O. The number of carbonyl (C=O) groups excluding carboxylic acids is 1. The average Bonchev–Trinajstić information content (AvgIpc) is 2.29. The van der Waals surface area contributed by atoms with Crippen LogP contribution in [-0.4, -0.2) is 44.3 Å². The van der Waals surface area contributed by atoms with Crippen LogP contribution in [0.25, 0.3) is 0 Å². The quantitative estimate of drug-likeness (QED) is 0.538. The van der Waals surface area contributed by atoms with Crippen molar-refractivity contribution in [3.8, 4) is 0 Å². The molecule has 1 atom stereocenters. The molecule has 8 heteroatoms. The van der Waals surface area contributed by atoms with Crippen molar-refractivity contribution in [2.75, 3.05) is 6.54 Å². The van der Waals surface area contributed by atoms with Crippen LogP contribution < -0.4 is 11.0 Å². The zero-order chi connectivity index (χ0) is 12.8. The molecule has 0 bridgehead atoms. The van der Waals surface area contributed by atoms with Crippen molar-refractivity contribution in [1.29, 1.82) is 0 Å². The Balaban J connectivity index is 2.48. The first-order valence-electron chi connectivity index (χ1n) is 4.69. The van der Waals surface area contributed by atoms with Gasteiger partial charge in [-0.2, -0.15) is 0 Å². The first-order valence-corrected chi connectivity index (χ1v) is 4.69. The van der Waals surface area contributed by atoms with Crippen molar-refractivity contribution < 1.29 is 19.8 Å². The summed E-state index contributed by atoms with van der Waals surface area (Å²) in [6.45, 7) is -0.692. The number of aliphatic hydroxyl groups is 1. The summed E-state index contributed by atoms with van der Waals surface area (Å²) in [4.78, 5) is 36.1. The number of amides is 1. The fourth-order valence-corrected chi connectivity index (χ4v) is 1.02. The molecule has 0 radical (unpaired) electrons. The number of hydrogen-bond donors (Lipinski definition) is 3. The van der Waals surface area contributed by atoms with Crippen LogP contribution in [-0.2, 0) is 16.1 Å². The molecule has 1 heterocycles. The number of aromatic nitrogens is 2. The second kappa shape index (κ2) is 5.75. The molecule has 1 amide bonds. The molecule has 0 aliphatic heterocycles. The molecule has 1 aromatic heterocycles. The molecule has 92 valence electrons. The minimum absolute atomic E-state index is 0.279. The van der Waals surface area contributed by atoms with Crippen molar-refractivity contribution in [3.63, 3.8) is 0 Å². The fraction of sp³-hybridized carbons (Fsp3) is 0.333. The van der Waals surface area contributed by atoms with Crippen molar-refractivity contribution in [2.24, 2.45) is 0 Å². The third kappa shape index (κ3) is 4.03. The van der Waals surface area contributed by atoms with Gasteiger partial charge in [0.1, 0.15) is 6.54 Å². The van der Waals surface area contributed by atoms with Crippen LogP contribution in [0.15, 0.2) is 23.3 Å². The van der Waals surface area contributed by atoms with Crippen LogP contribution in [0, 0.1) is 0 Å². The van der Waals surface area contributed by atoms with E-state index in [1.54, 1.807) is 0 Å². The normalized spacial score (nSPS) is 11.8. The van der Waals surface area contributed by atoms with Crippen molar-refractivity contribution in [1.82, 2.24) is 14.9 Å². The third-order valence-corrected chi connectivity index (χ3v) is 1.87. The Morgan fingerprint density at radius 1 is 1.53 bits per heavy atom. The van der Waals surface area contributed by atoms with Crippen molar-refractivity contribution in [2.45, 2.75) is 12.6 Å². The first-order chi connectivity index (χ1) is 8.00. The summed E-state index contributed by atoms with van der Waals surface area (Å²) in [5.41, 5.74) is -0.582. The van der Waals surface area contributed by atoms with E-state index in [1.165, 1.54) is 18.5 Å². The largest absolute Gasteiger partial charge is 0.479 e. The highest BCUT2D eigenvalue weighted by molar-refractivity contribution is 5.77. The second-order valence-corrected chi connectivity index (χ2v) is 3.19. The summed E-state index contributed by atoms with van der Waals surface area (Å²) in [5, 5.41) is 19.4. The monoisotopic (exact) mass is 241 g/mol. The number of carboxylic acids is 1. The van der Waals surface area contributed by atoms with E-state index in [9.17, 15) is 14.4 Å². The summed E-state index contributed by atoms with van der Waals surface area (Å²) in [6.07, 6.45) is 1.01. The summed E-state index contributed by atoms with van der Waals surface area (Å²) in [7, 11) is 0. The molecule has 0 fully saturated rings. The van der Waals surface area contributed by atoms with E-state index in [2.05, 4.69) is 10.3 Å². The maximum absolute atomic E-state index is 11.3. The molecule has 0 spiro atoms. The standard InChI is InChI=1S/C9H11N3O5/c13-6(8(15)16)4-11-7(14)5-12-3-1-2-10-9(12)17/h1-3,6,13H,4-5H2,(H,11,14)(H,15,16)/t6-/m0/s1. The predicted octanol–water partition coefficient (Wildman–Crippen LogP) is -2.19. The Morgan fingerprint density at radius 2 is 2.24 bits per heavy atom. The van der Waals surface area contributed by atoms with E-state index in [4.69, 9.17) is 10.2 Å². The summed E-state index contributed by atoms with van der Waals surface area (Å²) < 4.78 is 1.06. The molecule has 0 saturated carbocycles. The molecular weight excluding hydrogens is 230 g/mol. The van der Waals surface area contributed by atoms with E-state index >= 15 is 0 Å². The lowest BCUT2D eigenvalue weighted by Gasteiger charge is -2.08. The number of hydrogen-bond acceptors (Lipinski definition) is 5. The number of aliphatic hydroxyl groups excluding tert-OH is 1. The number of nitrogens with one attached hydrogen (secondary N) is 1. The van der Waals surface area contributed by atoms with Gasteiger partial charge in [0.2, 0.25) is 5.91 Å². The van der Waals surface area contributed by atoms with Gasteiger partial charge >= 0.3 is 11.7 Å². The fourth-order valence-electron chi connectivity index (χ4n) is 1.02. The van der Waals surface area contributed by atoms with Gasteiger partial charge in [-0.1, -0.05) is 0 Å². The Hall–Kier alpha value is -2.22. The number of nitrogens with zero attached hydrogens (tertiary/aromatic N) is 2. The number of rotatable bonds is 5. The Kier molecular flexibility index (Phi) is 4.35. The van der Waals surface area contributed by atoms with Gasteiger partial charge in [0, 0.05) is 12.4 Å². The van der Waals surface area contributed by atoms with Crippen LogP contribution in [0.5, 0.6) is 0 Å². The highest BCUT2D eigenvalue weighted by Crippen LogP contribution is 1.83. The molecule has 1 rings (SSSR count). The number of carboxylic acid groups (broad SMARTS) is 1. The van der Waals surface area contributed by atoms with Crippen LogP contribution in [0.2, 0.25) is 0 Å². The highest BCUT2D eigenvalue weighted by atomic mass is 16.4. The molecule has 0 unspecified atom stereocenters. The van der Waals surface area contributed by atoms with Gasteiger partial charge in [-0.25, -0.2) is 14.6 Å². The molecule has 3 N–H and O–H groups in total. The Labute approximate surface area is 95.5 Å². The van der Waals surface area contributed by atoms with Crippen LogP contribution >= 0.6 is 0 Å². The lowest BCUT2D eigenvalue weighted by molar-refractivity contribution is -0.146. The minimum Gasteiger partial charge on any atom is -0.479 e. The van der Waals surface area contributed by atoms with Gasteiger partial charge in [-0.05, 0) is 6.07 Å². The van der Waals surface area contributed by atoms with E-state index < -0.39 is 30.2 Å². The topological polar surface area (TPSA) is 122 Å². The minimum atomic E-state index is -1.66. The van der Waals surface area contributed by atoms with Gasteiger partial charge in [0.15, 0.2) is 6.10 Å². The van der Waals surface area contributed by atoms with E-state index in [0.717, 1.165) is 4.57 Å². The van der Waals surface area contributed by atoms with E-state index in [0.29, 0.717) is 0 Å². The van der Waals surface area contributed by atoms with Crippen LogP contribution in [0.4, 0.5) is 0 Å². The lowest BCUT2D eigenvalue weighted by atomic mass is 10.3. The van der Waals surface area contributed by atoms with Crippen LogP contribution in [0.1, 0.15) is 0 Å². The molecule has 1 aromatic rings. The second-order valence-electron chi connectivity index (χ2n) is 3.19. The van der Waals surface area contributed by atoms with Gasteiger partial charge < -0.3 is 15.5 Å². The molecule has 0 aliphatic carbocycles. The summed E-state index contributed by atoms with van der Waals surface area (Å²) >= 11 is 0. The zero-order valence-electron chi connectivity index (χ0n) is 8.74. The molecule has 0 saturated heterocycles. The Morgan fingerprint density at radius 3 is 2.82 bits per heavy atom. The smallest absolute Gasteiger partial charge is 0.347 e. The third-order valence-electron chi connectivity index (χ3n) is 1.87. The molecule has 17 heavy (non-hydrogen) atoms. The maximum Gasteiger partial charge on any atom is 0.347 e. The van der Waals surface area contributed by atoms with Crippen molar-refractivity contribution >= 4 is 11.9 Å². The molecule has 0 aliphatic rings. The highest BCUT2D eigenvalue weighted by Gasteiger charge is 2.14. The molecule has 0 aromatic carbocycles. The predicted molar refractivity (Wildman–Crippen MR) is 55.1 cm³/mol. The summed E-state index contributed by atoms with van der Waals surface area (Å²) in [6, 6.07) is 1.49. The molecule has 8 nitrogen and oxygen atoms in total. The van der Waals surface area contributed by atoms with Gasteiger partial charge in [-0.15, -0.1) is 0 Å². The Bertz CT molecular complexity index is 470. The van der Waals surface area contributed by atoms with E-state index in [1.807, 2.05) is 0 Å². The van der Waals surface area contributed by atoms with Gasteiger partial charge in [-0.3, -0.25) is 9.36 Å². The van der Waals surface area contributed by atoms with Gasteiger partial charge in [0.25, 0.3) is 0 Å². The maximum atomic E-state index is 11.3. The van der Waals surface area contributed by atoms with Crippen molar-refractivity contribution in [3.05, 3.63) is 28.9 Å². The molecular formula is C9H11N3O5. The van der Waals surface area contributed by atoms with Crippen LogP contribution in [0.3, 0.4) is 0 Å². The number of carbonyl (C=O) groups is 2. The first kappa shape index (κ1) is 12.8. The summed E-state index contributed by atoms with van der Waals surface area (Å²) in [5.74, 6) is -2.01. The van der Waals surface area contributed by atoms with E-state index in [-0.39, 0.29) is 6.54 Å². The zero-order valence-corrected chi connectivity index (χ0v) is 8.74. The average molecular weight is 241 g/mol. The lowest BCUT2D eigenvalue weighted by Crippen LogP contribution is -2.39. The van der Waals surface area contributed by atoms with Gasteiger partial charge in [0.05, 0.1) is 6.54 Å². The number of aliphatic carboxylic acids is 1.